The number of cyclic esters (lactones) is 1. The number of carbonyl (C=O) groups is 2. The van der Waals surface area contributed by atoms with Gasteiger partial charge in [-0.05, 0) is 37.6 Å². The fraction of sp³-hybridized carbons (Fsp3) is 0.391. The number of hydrogen-bond donors (Lipinski definition) is 0. The number of ether oxygens (including phenoxy) is 2. The van der Waals surface area contributed by atoms with Gasteiger partial charge in [-0.25, -0.2) is 4.79 Å². The first kappa shape index (κ1) is 20.1. The van der Waals surface area contributed by atoms with Gasteiger partial charge in [0.1, 0.15) is 12.4 Å². The summed E-state index contributed by atoms with van der Waals surface area (Å²) in [6.45, 7) is 7.96. The molecular weight excluding hydrogens is 382 g/mol. The van der Waals surface area contributed by atoms with Gasteiger partial charge in [0, 0.05) is 37.9 Å². The highest BCUT2D eigenvalue weighted by atomic mass is 16.6. The predicted molar refractivity (Wildman–Crippen MR) is 116 cm³/mol. The molecule has 0 atom stereocenters. The Balaban J connectivity index is 1.46. The van der Waals surface area contributed by atoms with Crippen molar-refractivity contribution in [3.8, 4) is 5.75 Å². The van der Waals surface area contributed by atoms with Gasteiger partial charge in [0.2, 0.25) is 0 Å². The van der Waals surface area contributed by atoms with Crippen LogP contribution in [0.4, 0.5) is 16.2 Å². The van der Waals surface area contributed by atoms with E-state index >= 15 is 0 Å². The highest BCUT2D eigenvalue weighted by Crippen LogP contribution is 2.29. The molecule has 2 amide bonds. The first-order valence-corrected chi connectivity index (χ1v) is 10.2. The Kier molecular flexibility index (Phi) is 5.53. The lowest BCUT2D eigenvalue weighted by atomic mass is 10.1. The molecule has 0 aromatic heterocycles. The molecule has 0 saturated carbocycles. The van der Waals surface area contributed by atoms with Crippen LogP contribution in [0.5, 0.6) is 5.75 Å². The van der Waals surface area contributed by atoms with E-state index in [0.717, 1.165) is 13.1 Å². The molecule has 2 aromatic carbocycles. The van der Waals surface area contributed by atoms with E-state index in [1.807, 2.05) is 4.90 Å². The predicted octanol–water partition coefficient (Wildman–Crippen LogP) is 3.23. The van der Waals surface area contributed by atoms with E-state index in [2.05, 4.69) is 36.9 Å². The van der Waals surface area contributed by atoms with Gasteiger partial charge in [-0.2, -0.15) is 0 Å². The van der Waals surface area contributed by atoms with Crippen molar-refractivity contribution in [2.45, 2.75) is 13.8 Å². The Bertz CT molecular complexity index is 967. The molecule has 0 bridgehead atoms. The first-order valence-electron chi connectivity index (χ1n) is 10.2. The molecule has 7 heteroatoms. The zero-order valence-corrected chi connectivity index (χ0v) is 17.7. The summed E-state index contributed by atoms with van der Waals surface area (Å²) in [7, 11) is 1.54. The van der Waals surface area contributed by atoms with Crippen molar-refractivity contribution >= 4 is 23.4 Å². The summed E-state index contributed by atoms with van der Waals surface area (Å²) in [5.74, 6) is 0.414. The average Bonchev–Trinajstić information content (AvgIpc) is 3.19. The highest BCUT2D eigenvalue weighted by Gasteiger charge is 2.28. The maximum Gasteiger partial charge on any atom is 0.414 e. The minimum absolute atomic E-state index is 0.0531. The molecule has 4 rings (SSSR count). The van der Waals surface area contributed by atoms with Gasteiger partial charge in [-0.1, -0.05) is 17.7 Å². The first-order chi connectivity index (χ1) is 14.5. The largest absolute Gasteiger partial charge is 0.496 e. The van der Waals surface area contributed by atoms with Gasteiger partial charge in [0.15, 0.2) is 0 Å². The number of methoxy groups -OCH3 is 1. The molecule has 0 N–H and O–H groups in total. The third-order valence-electron chi connectivity index (χ3n) is 5.75. The normalized spacial score (nSPS) is 16.6. The van der Waals surface area contributed by atoms with Crippen LogP contribution in [0.3, 0.4) is 0 Å². The van der Waals surface area contributed by atoms with Gasteiger partial charge >= 0.3 is 6.09 Å². The number of benzene rings is 2. The molecule has 2 aliphatic rings. The third-order valence-corrected chi connectivity index (χ3v) is 5.75. The molecule has 0 aliphatic carbocycles. The van der Waals surface area contributed by atoms with Crippen LogP contribution < -0.4 is 14.5 Å². The monoisotopic (exact) mass is 409 g/mol. The summed E-state index contributed by atoms with van der Waals surface area (Å²) in [4.78, 5) is 30.7. The lowest BCUT2D eigenvalue weighted by molar-refractivity contribution is 0.0743. The molecule has 2 aliphatic heterocycles. The van der Waals surface area contributed by atoms with Gasteiger partial charge in [0.05, 0.1) is 24.9 Å². The second kappa shape index (κ2) is 8.26. The molecular formula is C23H27N3O4. The second-order valence-electron chi connectivity index (χ2n) is 7.72. The van der Waals surface area contributed by atoms with Crippen LogP contribution in [0.25, 0.3) is 0 Å². The van der Waals surface area contributed by atoms with E-state index in [9.17, 15) is 9.59 Å². The number of aryl methyl sites for hydroxylation is 2. The number of hydrogen-bond acceptors (Lipinski definition) is 5. The third kappa shape index (κ3) is 3.79. The molecule has 2 saturated heterocycles. The summed E-state index contributed by atoms with van der Waals surface area (Å²) in [5, 5.41) is 0. The lowest BCUT2D eigenvalue weighted by Gasteiger charge is -2.37. The molecule has 2 fully saturated rings. The van der Waals surface area contributed by atoms with E-state index in [1.165, 1.54) is 23.9 Å². The van der Waals surface area contributed by atoms with Crippen LogP contribution in [0.1, 0.15) is 21.5 Å². The van der Waals surface area contributed by atoms with Crippen molar-refractivity contribution in [3.05, 3.63) is 53.1 Å². The standard InChI is InChI=1S/C23H27N3O4/c1-16-4-7-20(17(2)14-16)24-8-10-25(11-9-24)22(27)19-6-5-18(15-21(19)29-3)26-12-13-30-23(26)28/h4-7,14-15H,8-13H2,1-3H3. The van der Waals surface area contributed by atoms with Gasteiger partial charge in [0.25, 0.3) is 5.91 Å². The van der Waals surface area contributed by atoms with Crippen molar-refractivity contribution in [2.24, 2.45) is 0 Å². The fourth-order valence-corrected chi connectivity index (χ4v) is 4.13. The maximum atomic E-state index is 13.2. The fourth-order valence-electron chi connectivity index (χ4n) is 4.13. The van der Waals surface area contributed by atoms with Crippen molar-refractivity contribution in [2.75, 3.05) is 56.2 Å². The smallest absolute Gasteiger partial charge is 0.414 e. The van der Waals surface area contributed by atoms with E-state index in [-0.39, 0.29) is 12.0 Å². The number of anilines is 2. The van der Waals surface area contributed by atoms with Crippen molar-refractivity contribution in [1.29, 1.82) is 0 Å². The van der Waals surface area contributed by atoms with Gasteiger partial charge < -0.3 is 19.3 Å². The summed E-state index contributed by atoms with van der Waals surface area (Å²) in [5.41, 5.74) is 4.92. The Morgan fingerprint density at radius 1 is 1.00 bits per heavy atom. The molecule has 0 radical (unpaired) electrons. The van der Waals surface area contributed by atoms with Crippen LogP contribution in [-0.4, -0.2) is 63.3 Å². The van der Waals surface area contributed by atoms with Crippen LogP contribution in [-0.2, 0) is 4.74 Å². The van der Waals surface area contributed by atoms with Crippen molar-refractivity contribution < 1.29 is 19.1 Å². The van der Waals surface area contributed by atoms with E-state index in [0.29, 0.717) is 43.2 Å². The number of piperazine rings is 1. The molecule has 2 heterocycles. The maximum absolute atomic E-state index is 13.2. The Morgan fingerprint density at radius 2 is 1.77 bits per heavy atom. The Labute approximate surface area is 176 Å². The molecule has 30 heavy (non-hydrogen) atoms. The minimum Gasteiger partial charge on any atom is -0.496 e. The van der Waals surface area contributed by atoms with Gasteiger partial charge in [-0.15, -0.1) is 0 Å². The Morgan fingerprint density at radius 3 is 2.40 bits per heavy atom. The number of nitrogens with zero attached hydrogens (tertiary/aromatic N) is 3. The van der Waals surface area contributed by atoms with E-state index < -0.39 is 0 Å². The topological polar surface area (TPSA) is 62.3 Å². The molecule has 0 unspecified atom stereocenters. The number of amides is 2. The Hall–Kier alpha value is -3.22. The highest BCUT2D eigenvalue weighted by molar-refractivity contribution is 5.98. The van der Waals surface area contributed by atoms with Crippen molar-refractivity contribution in [3.63, 3.8) is 0 Å². The molecule has 0 spiro atoms. The van der Waals surface area contributed by atoms with E-state index in [1.54, 1.807) is 23.1 Å². The zero-order chi connectivity index (χ0) is 21.3. The lowest BCUT2D eigenvalue weighted by Crippen LogP contribution is -2.49. The van der Waals surface area contributed by atoms with E-state index in [4.69, 9.17) is 9.47 Å². The number of carbonyl (C=O) groups excluding carboxylic acids is 2. The van der Waals surface area contributed by atoms with Crippen LogP contribution in [0.15, 0.2) is 36.4 Å². The number of rotatable bonds is 4. The summed E-state index contributed by atoms with van der Waals surface area (Å²) >= 11 is 0. The SMILES string of the molecule is COc1cc(N2CCOC2=O)ccc1C(=O)N1CCN(c2ccc(C)cc2C)CC1. The van der Waals surface area contributed by atoms with Crippen LogP contribution in [0.2, 0.25) is 0 Å². The zero-order valence-electron chi connectivity index (χ0n) is 17.7. The van der Waals surface area contributed by atoms with Crippen LogP contribution >= 0.6 is 0 Å². The quantitative estimate of drug-likeness (QED) is 0.776. The summed E-state index contributed by atoms with van der Waals surface area (Å²) < 4.78 is 10.5. The minimum atomic E-state index is -0.376. The second-order valence-corrected chi connectivity index (χ2v) is 7.72. The average molecular weight is 409 g/mol. The summed E-state index contributed by atoms with van der Waals surface area (Å²) in [6, 6.07) is 11.7. The van der Waals surface area contributed by atoms with Crippen LogP contribution in [0, 0.1) is 13.8 Å². The summed E-state index contributed by atoms with van der Waals surface area (Å²) in [6.07, 6.45) is -0.376. The van der Waals surface area contributed by atoms with Crippen molar-refractivity contribution in [1.82, 2.24) is 4.90 Å². The molecule has 7 nitrogen and oxygen atoms in total. The van der Waals surface area contributed by atoms with Gasteiger partial charge in [-0.3, -0.25) is 9.69 Å². The molecule has 2 aromatic rings. The molecule has 158 valence electrons.